The lowest BCUT2D eigenvalue weighted by Gasteiger charge is -2.34. The van der Waals surface area contributed by atoms with Crippen molar-refractivity contribution in [3.05, 3.63) is 18.0 Å². The molecule has 0 amide bonds. The number of hydrogen-bond acceptors (Lipinski definition) is 4. The maximum absolute atomic E-state index is 5.97. The molecule has 0 spiro atoms. The highest BCUT2D eigenvalue weighted by molar-refractivity contribution is 5.80. The van der Waals surface area contributed by atoms with E-state index in [-0.39, 0.29) is 0 Å². The monoisotopic (exact) mass is 391 g/mol. The molecule has 1 saturated carbocycles. The van der Waals surface area contributed by atoms with Crippen LogP contribution in [0.1, 0.15) is 63.6 Å². The molecule has 1 saturated heterocycles. The van der Waals surface area contributed by atoms with Crippen molar-refractivity contribution in [2.75, 3.05) is 40.0 Å². The molecule has 0 unspecified atom stereocenters. The first-order valence-electron chi connectivity index (χ1n) is 11.0. The molecule has 2 heterocycles. The quantitative estimate of drug-likeness (QED) is 0.398. The Balaban J connectivity index is 1.48. The zero-order valence-electron chi connectivity index (χ0n) is 17.6. The smallest absolute Gasteiger partial charge is 0.194 e. The van der Waals surface area contributed by atoms with Gasteiger partial charge in [-0.25, -0.2) is 4.99 Å². The summed E-state index contributed by atoms with van der Waals surface area (Å²) < 4.78 is 13.2. The molecule has 0 bridgehead atoms. The third-order valence-electron chi connectivity index (χ3n) is 5.68. The second-order valence-corrected chi connectivity index (χ2v) is 7.80. The fraction of sp³-hybridized carbons (Fsp3) is 0.810. The van der Waals surface area contributed by atoms with Crippen LogP contribution in [0.2, 0.25) is 0 Å². The maximum atomic E-state index is 5.97. The van der Waals surface area contributed by atoms with Crippen LogP contribution in [0.15, 0.2) is 17.3 Å². The van der Waals surface area contributed by atoms with Gasteiger partial charge in [-0.05, 0) is 45.1 Å². The molecule has 1 aromatic heterocycles. The van der Waals surface area contributed by atoms with Gasteiger partial charge in [-0.3, -0.25) is 4.68 Å². The summed E-state index contributed by atoms with van der Waals surface area (Å²) in [5.41, 5.74) is 1.05. The van der Waals surface area contributed by atoms with Crippen molar-refractivity contribution in [2.45, 2.75) is 70.6 Å². The van der Waals surface area contributed by atoms with Crippen molar-refractivity contribution < 1.29 is 9.47 Å². The number of guanidine groups is 1. The van der Waals surface area contributed by atoms with Gasteiger partial charge in [-0.15, -0.1) is 0 Å². The maximum Gasteiger partial charge on any atom is 0.194 e. The largest absolute Gasteiger partial charge is 0.385 e. The highest BCUT2D eigenvalue weighted by Gasteiger charge is 2.22. The number of aliphatic imine (C=N–C) groups is 1. The molecule has 0 atom stereocenters. The van der Waals surface area contributed by atoms with E-state index in [2.05, 4.69) is 34.1 Å². The van der Waals surface area contributed by atoms with Crippen molar-refractivity contribution in [3.63, 3.8) is 0 Å². The van der Waals surface area contributed by atoms with E-state index < -0.39 is 0 Å². The minimum Gasteiger partial charge on any atom is -0.385 e. The van der Waals surface area contributed by atoms with Crippen LogP contribution < -0.4 is 5.32 Å². The van der Waals surface area contributed by atoms with Gasteiger partial charge in [0, 0.05) is 46.2 Å². The summed E-state index contributed by atoms with van der Waals surface area (Å²) in [5, 5.41) is 8.21. The van der Waals surface area contributed by atoms with Gasteiger partial charge < -0.3 is 19.7 Å². The second kappa shape index (κ2) is 11.4. The second-order valence-electron chi connectivity index (χ2n) is 7.80. The highest BCUT2D eigenvalue weighted by atomic mass is 16.5. The third-order valence-corrected chi connectivity index (χ3v) is 5.68. The number of likely N-dealkylation sites (tertiary alicyclic amines) is 1. The van der Waals surface area contributed by atoms with Gasteiger partial charge in [0.1, 0.15) is 0 Å². The standard InChI is InChI=1S/C21H37N5O2/c1-3-22-21(25-12-10-20(11-13-25)28-16-6-15-27-2)23-17-18-9-14-26(24-18)19-7-4-5-8-19/h9,14,19-20H,3-8,10-13,15-17H2,1-2H3,(H,22,23). The number of ether oxygens (including phenoxy) is 2. The van der Waals surface area contributed by atoms with Gasteiger partial charge in [0.2, 0.25) is 0 Å². The van der Waals surface area contributed by atoms with Gasteiger partial charge in [0.25, 0.3) is 0 Å². The fourth-order valence-corrected chi connectivity index (χ4v) is 4.10. The van der Waals surface area contributed by atoms with Crippen molar-refractivity contribution in [2.24, 2.45) is 4.99 Å². The fourth-order valence-electron chi connectivity index (χ4n) is 4.10. The van der Waals surface area contributed by atoms with Crippen LogP contribution in [0.25, 0.3) is 0 Å². The van der Waals surface area contributed by atoms with E-state index in [9.17, 15) is 0 Å². The van der Waals surface area contributed by atoms with E-state index in [0.29, 0.717) is 18.7 Å². The molecule has 2 aliphatic rings. The van der Waals surface area contributed by atoms with Crippen LogP contribution in [0.3, 0.4) is 0 Å². The van der Waals surface area contributed by atoms with Gasteiger partial charge in [0.15, 0.2) is 5.96 Å². The van der Waals surface area contributed by atoms with E-state index in [1.54, 1.807) is 7.11 Å². The molecule has 7 heteroatoms. The van der Waals surface area contributed by atoms with E-state index in [0.717, 1.165) is 63.8 Å². The molecule has 3 rings (SSSR count). The molecule has 1 aliphatic heterocycles. The predicted octanol–water partition coefficient (Wildman–Crippen LogP) is 2.98. The molecule has 1 aromatic rings. The molecule has 28 heavy (non-hydrogen) atoms. The third kappa shape index (κ3) is 6.21. The van der Waals surface area contributed by atoms with Crippen LogP contribution in [0.4, 0.5) is 0 Å². The number of nitrogens with one attached hydrogen (secondary N) is 1. The normalized spacial score (nSPS) is 19.5. The number of hydrogen-bond donors (Lipinski definition) is 1. The number of piperidine rings is 1. The minimum atomic E-state index is 0.359. The summed E-state index contributed by atoms with van der Waals surface area (Å²) in [6.07, 6.45) is 10.7. The molecule has 0 radical (unpaired) electrons. The molecule has 2 fully saturated rings. The Morgan fingerprint density at radius 3 is 2.71 bits per heavy atom. The summed E-state index contributed by atoms with van der Waals surface area (Å²) in [6.45, 7) is 7.16. The summed E-state index contributed by atoms with van der Waals surface area (Å²) in [7, 11) is 1.74. The first kappa shape index (κ1) is 21.1. The minimum absolute atomic E-state index is 0.359. The molecule has 158 valence electrons. The van der Waals surface area contributed by atoms with Crippen molar-refractivity contribution >= 4 is 5.96 Å². The zero-order chi connectivity index (χ0) is 19.6. The zero-order valence-corrected chi connectivity index (χ0v) is 17.6. The number of rotatable bonds is 9. The molecular formula is C21H37N5O2. The Morgan fingerprint density at radius 1 is 1.21 bits per heavy atom. The number of methoxy groups -OCH3 is 1. The van der Waals surface area contributed by atoms with Gasteiger partial charge in [-0.2, -0.15) is 5.10 Å². The lowest BCUT2D eigenvalue weighted by atomic mass is 10.1. The average Bonchev–Trinajstić information content (AvgIpc) is 3.41. The van der Waals surface area contributed by atoms with Crippen LogP contribution in [0.5, 0.6) is 0 Å². The first-order valence-corrected chi connectivity index (χ1v) is 11.0. The Bertz CT molecular complexity index is 589. The molecule has 7 nitrogen and oxygen atoms in total. The van der Waals surface area contributed by atoms with Crippen molar-refractivity contribution in [3.8, 4) is 0 Å². The van der Waals surface area contributed by atoms with E-state index in [4.69, 9.17) is 19.6 Å². The van der Waals surface area contributed by atoms with Crippen LogP contribution >= 0.6 is 0 Å². The lowest BCUT2D eigenvalue weighted by Crippen LogP contribution is -2.47. The SMILES string of the molecule is CCNC(=NCc1ccn(C2CCCC2)n1)N1CCC(OCCCOC)CC1. The highest BCUT2D eigenvalue weighted by Crippen LogP contribution is 2.28. The molecule has 1 N–H and O–H groups in total. The van der Waals surface area contributed by atoms with Gasteiger partial charge >= 0.3 is 0 Å². The van der Waals surface area contributed by atoms with Crippen LogP contribution in [-0.4, -0.2) is 66.7 Å². The Kier molecular flexibility index (Phi) is 8.61. The lowest BCUT2D eigenvalue weighted by molar-refractivity contribution is 0.00990. The molecule has 0 aromatic carbocycles. The summed E-state index contributed by atoms with van der Waals surface area (Å²) in [6, 6.07) is 2.71. The van der Waals surface area contributed by atoms with E-state index in [1.807, 2.05) is 0 Å². The number of nitrogens with zero attached hydrogens (tertiary/aromatic N) is 4. The summed E-state index contributed by atoms with van der Waals surface area (Å²) in [4.78, 5) is 7.21. The van der Waals surface area contributed by atoms with E-state index >= 15 is 0 Å². The van der Waals surface area contributed by atoms with Crippen LogP contribution in [-0.2, 0) is 16.0 Å². The average molecular weight is 392 g/mol. The van der Waals surface area contributed by atoms with E-state index in [1.165, 1.54) is 25.7 Å². The first-order chi connectivity index (χ1) is 13.8. The van der Waals surface area contributed by atoms with Gasteiger partial charge in [-0.1, -0.05) is 12.8 Å². The Morgan fingerprint density at radius 2 is 2.00 bits per heavy atom. The summed E-state index contributed by atoms with van der Waals surface area (Å²) in [5.74, 6) is 0.996. The molecular weight excluding hydrogens is 354 g/mol. The Labute approximate surface area is 169 Å². The topological polar surface area (TPSA) is 63.9 Å². The van der Waals surface area contributed by atoms with Crippen molar-refractivity contribution in [1.29, 1.82) is 0 Å². The van der Waals surface area contributed by atoms with Crippen molar-refractivity contribution in [1.82, 2.24) is 20.0 Å². The summed E-state index contributed by atoms with van der Waals surface area (Å²) >= 11 is 0. The molecule has 1 aliphatic carbocycles. The predicted molar refractivity (Wildman–Crippen MR) is 112 cm³/mol. The van der Waals surface area contributed by atoms with Crippen LogP contribution in [0, 0.1) is 0 Å². The number of aromatic nitrogens is 2. The van der Waals surface area contributed by atoms with Gasteiger partial charge in [0.05, 0.1) is 24.4 Å². The Hall–Kier alpha value is -1.60.